The van der Waals surface area contributed by atoms with Crippen molar-refractivity contribution in [2.75, 3.05) is 11.9 Å². The second kappa shape index (κ2) is 9.51. The lowest BCUT2D eigenvalue weighted by atomic mass is 10.2. The lowest BCUT2D eigenvalue weighted by Crippen LogP contribution is -2.20. The van der Waals surface area contributed by atoms with Crippen LogP contribution < -0.4 is 15.5 Å². The number of aromatic nitrogens is 3. The van der Waals surface area contributed by atoms with Crippen LogP contribution in [0.15, 0.2) is 57.7 Å². The number of nitrogens with one attached hydrogen (secondary N) is 2. The van der Waals surface area contributed by atoms with Crippen molar-refractivity contribution < 1.29 is 9.53 Å². The van der Waals surface area contributed by atoms with E-state index in [1.807, 2.05) is 25.1 Å². The first kappa shape index (κ1) is 21.4. The fourth-order valence-corrected chi connectivity index (χ4v) is 4.73. The number of hydrogen-bond acceptors (Lipinski definition) is 7. The van der Waals surface area contributed by atoms with Gasteiger partial charge in [0.25, 0.3) is 5.91 Å². The summed E-state index contributed by atoms with van der Waals surface area (Å²) < 4.78 is 6.15. The quantitative estimate of drug-likeness (QED) is 0.300. The van der Waals surface area contributed by atoms with Gasteiger partial charge in [-0.3, -0.25) is 14.9 Å². The predicted molar refractivity (Wildman–Crippen MR) is 124 cm³/mol. The number of halogens is 1. The molecule has 2 aromatic heterocycles. The van der Waals surface area contributed by atoms with E-state index >= 15 is 0 Å². The smallest absolute Gasteiger partial charge is 0.264 e. The zero-order valence-electron chi connectivity index (χ0n) is 16.3. The van der Waals surface area contributed by atoms with Crippen molar-refractivity contribution in [1.82, 2.24) is 15.2 Å². The molecule has 0 radical (unpaired) electrons. The molecule has 2 heterocycles. The summed E-state index contributed by atoms with van der Waals surface area (Å²) in [6.07, 6.45) is 0. The van der Waals surface area contributed by atoms with Gasteiger partial charge in [0, 0.05) is 22.9 Å². The highest BCUT2D eigenvalue weighted by Crippen LogP contribution is 2.28. The van der Waals surface area contributed by atoms with Crippen LogP contribution in [0, 0.1) is 6.92 Å². The van der Waals surface area contributed by atoms with Crippen molar-refractivity contribution in [1.29, 1.82) is 0 Å². The van der Waals surface area contributed by atoms with Gasteiger partial charge in [0.1, 0.15) is 5.75 Å². The molecule has 31 heavy (non-hydrogen) atoms. The van der Waals surface area contributed by atoms with Gasteiger partial charge in [-0.2, -0.15) is 0 Å². The molecule has 0 atom stereocenters. The third-order valence-corrected chi connectivity index (χ3v) is 6.57. The molecule has 2 N–H and O–H groups in total. The second-order valence-electron chi connectivity index (χ2n) is 6.64. The third-order valence-electron chi connectivity index (χ3n) is 4.23. The van der Waals surface area contributed by atoms with E-state index in [0.717, 1.165) is 11.3 Å². The largest absolute Gasteiger partial charge is 0.484 e. The average molecular weight is 473 g/mol. The normalized spacial score (nSPS) is 10.9. The maximum absolute atomic E-state index is 12.3. The van der Waals surface area contributed by atoms with Crippen molar-refractivity contribution >= 4 is 56.6 Å². The molecular formula is C21H17ClN4O3S2. The number of thioether (sulfide) groups is 1. The number of amides is 1. The number of carbonyl (C=O) groups excluding carboxylic acids is 1. The van der Waals surface area contributed by atoms with Gasteiger partial charge in [0.2, 0.25) is 5.13 Å². The molecule has 0 saturated heterocycles. The highest BCUT2D eigenvalue weighted by atomic mass is 35.5. The molecule has 0 aliphatic rings. The predicted octanol–water partition coefficient (Wildman–Crippen LogP) is 4.65. The van der Waals surface area contributed by atoms with Gasteiger partial charge in [-0.25, -0.2) is 0 Å². The van der Waals surface area contributed by atoms with Crippen LogP contribution in [0.5, 0.6) is 5.75 Å². The summed E-state index contributed by atoms with van der Waals surface area (Å²) in [5.74, 6) is 0.797. The Hall–Kier alpha value is -2.88. The molecule has 0 aliphatic heterocycles. The zero-order chi connectivity index (χ0) is 21.8. The summed E-state index contributed by atoms with van der Waals surface area (Å²) in [5, 5.41) is 12.2. The van der Waals surface area contributed by atoms with E-state index < -0.39 is 0 Å². The third kappa shape index (κ3) is 5.43. The van der Waals surface area contributed by atoms with Crippen molar-refractivity contribution in [3.8, 4) is 5.75 Å². The Morgan fingerprint density at radius 2 is 2.06 bits per heavy atom. The maximum atomic E-state index is 12.3. The molecule has 4 aromatic rings. The van der Waals surface area contributed by atoms with E-state index in [4.69, 9.17) is 16.3 Å². The number of ether oxygens (including phenoxy) is 1. The number of rotatable bonds is 7. The minimum atomic E-state index is -0.317. The van der Waals surface area contributed by atoms with Crippen molar-refractivity contribution in [3.05, 3.63) is 75.0 Å². The van der Waals surface area contributed by atoms with Crippen molar-refractivity contribution in [2.24, 2.45) is 0 Å². The Kier molecular flexibility index (Phi) is 6.55. The standard InChI is InChI=1S/C21H17ClN4O3S2/c1-12-4-2-5-14(8-12)29-10-18(28)24-20-25-26-21(31-20)30-11-13-9-17(27)15-6-3-7-16(22)19(15)23-13/h2-9H,10-11H2,1H3,(H,23,27)(H,24,25,28). The lowest BCUT2D eigenvalue weighted by molar-refractivity contribution is -0.118. The number of nitrogens with zero attached hydrogens (tertiary/aromatic N) is 2. The highest BCUT2D eigenvalue weighted by molar-refractivity contribution is 8.00. The van der Waals surface area contributed by atoms with E-state index in [0.29, 0.717) is 36.9 Å². The van der Waals surface area contributed by atoms with Crippen LogP contribution in [-0.2, 0) is 10.5 Å². The Labute approximate surface area is 190 Å². The Morgan fingerprint density at radius 1 is 1.23 bits per heavy atom. The molecule has 10 heteroatoms. The number of para-hydroxylation sites is 1. The molecule has 0 aliphatic carbocycles. The minimum absolute atomic E-state index is 0.0920. The molecular weight excluding hydrogens is 456 g/mol. The first-order chi connectivity index (χ1) is 15.0. The van der Waals surface area contributed by atoms with E-state index in [-0.39, 0.29) is 17.9 Å². The fraction of sp³-hybridized carbons (Fsp3) is 0.143. The van der Waals surface area contributed by atoms with Crippen LogP contribution in [-0.4, -0.2) is 27.7 Å². The number of H-pyrrole nitrogens is 1. The molecule has 0 spiro atoms. The van der Waals surface area contributed by atoms with E-state index in [2.05, 4.69) is 20.5 Å². The van der Waals surface area contributed by atoms with Gasteiger partial charge in [0.05, 0.1) is 10.5 Å². The van der Waals surface area contributed by atoms with Crippen LogP contribution in [0.1, 0.15) is 11.3 Å². The lowest BCUT2D eigenvalue weighted by Gasteiger charge is -2.06. The van der Waals surface area contributed by atoms with Crippen LogP contribution in [0.4, 0.5) is 5.13 Å². The van der Waals surface area contributed by atoms with Gasteiger partial charge in [-0.05, 0) is 36.8 Å². The van der Waals surface area contributed by atoms with E-state index in [1.165, 1.54) is 23.1 Å². The molecule has 0 saturated carbocycles. The number of carbonyl (C=O) groups is 1. The van der Waals surface area contributed by atoms with Gasteiger partial charge in [0.15, 0.2) is 16.4 Å². The number of aromatic amines is 1. The van der Waals surface area contributed by atoms with Gasteiger partial charge >= 0.3 is 0 Å². The van der Waals surface area contributed by atoms with Gasteiger partial charge in [-0.1, -0.05) is 52.9 Å². The molecule has 0 fully saturated rings. The van der Waals surface area contributed by atoms with Gasteiger partial charge < -0.3 is 9.72 Å². The monoisotopic (exact) mass is 472 g/mol. The molecule has 4 rings (SSSR count). The van der Waals surface area contributed by atoms with Crippen LogP contribution in [0.25, 0.3) is 10.9 Å². The summed E-state index contributed by atoms with van der Waals surface area (Å²) in [5.41, 5.74) is 2.30. The molecule has 1 amide bonds. The zero-order valence-corrected chi connectivity index (χ0v) is 18.7. The minimum Gasteiger partial charge on any atom is -0.484 e. The first-order valence-corrected chi connectivity index (χ1v) is 11.4. The Balaban J connectivity index is 1.34. The van der Waals surface area contributed by atoms with Crippen molar-refractivity contribution in [3.63, 3.8) is 0 Å². The second-order valence-corrected chi connectivity index (χ2v) is 9.24. The summed E-state index contributed by atoms with van der Waals surface area (Å²) in [6, 6.07) is 14.2. The number of fused-ring (bicyclic) bond motifs is 1. The first-order valence-electron chi connectivity index (χ1n) is 9.24. The topological polar surface area (TPSA) is 97.0 Å². The number of hydrogen-bond donors (Lipinski definition) is 2. The summed E-state index contributed by atoms with van der Waals surface area (Å²) >= 11 is 8.85. The number of benzene rings is 2. The molecule has 158 valence electrons. The number of anilines is 1. The molecule has 0 bridgehead atoms. The molecule has 0 unspecified atom stereocenters. The van der Waals surface area contributed by atoms with Crippen LogP contribution in [0.3, 0.4) is 0 Å². The summed E-state index contributed by atoms with van der Waals surface area (Å²) in [7, 11) is 0. The molecule has 7 nitrogen and oxygen atoms in total. The van der Waals surface area contributed by atoms with Crippen LogP contribution >= 0.6 is 34.7 Å². The van der Waals surface area contributed by atoms with Gasteiger partial charge in [-0.15, -0.1) is 10.2 Å². The van der Waals surface area contributed by atoms with E-state index in [9.17, 15) is 9.59 Å². The average Bonchev–Trinajstić information content (AvgIpc) is 3.19. The summed E-state index contributed by atoms with van der Waals surface area (Å²) in [6.45, 7) is 1.83. The number of aryl methyl sites for hydroxylation is 1. The van der Waals surface area contributed by atoms with Crippen molar-refractivity contribution in [2.45, 2.75) is 17.0 Å². The summed E-state index contributed by atoms with van der Waals surface area (Å²) in [4.78, 5) is 27.6. The maximum Gasteiger partial charge on any atom is 0.264 e. The van der Waals surface area contributed by atoms with E-state index in [1.54, 1.807) is 30.3 Å². The fourth-order valence-electron chi connectivity index (χ4n) is 2.83. The van der Waals surface area contributed by atoms with Crippen LogP contribution in [0.2, 0.25) is 5.02 Å². The highest BCUT2D eigenvalue weighted by Gasteiger charge is 2.11. The Bertz CT molecular complexity index is 1310. The Morgan fingerprint density at radius 3 is 2.90 bits per heavy atom. The number of pyridine rings is 1. The SMILES string of the molecule is Cc1cccc(OCC(=O)Nc2nnc(SCc3cc(=O)c4cccc(Cl)c4[nH]3)s2)c1. The molecule has 2 aromatic carbocycles.